The van der Waals surface area contributed by atoms with Gasteiger partial charge in [-0.3, -0.25) is 14.8 Å². The lowest BCUT2D eigenvalue weighted by Gasteiger charge is -2.32. The number of H-pyrrole nitrogens is 1. The van der Waals surface area contributed by atoms with Crippen LogP contribution < -0.4 is 5.32 Å². The van der Waals surface area contributed by atoms with Gasteiger partial charge in [-0.2, -0.15) is 5.10 Å². The average Bonchev–Trinajstić information content (AvgIpc) is 3.00. The number of hydrogen-bond acceptors (Lipinski definition) is 3. The van der Waals surface area contributed by atoms with Gasteiger partial charge >= 0.3 is 0 Å². The van der Waals surface area contributed by atoms with Crippen molar-refractivity contribution in [3.63, 3.8) is 0 Å². The second-order valence-corrected chi connectivity index (χ2v) is 7.90. The molecule has 2 aromatic rings. The Bertz CT molecular complexity index is 751. The number of likely N-dealkylation sites (tertiary alicyclic amines) is 1. The molecule has 140 valence electrons. The van der Waals surface area contributed by atoms with E-state index < -0.39 is 0 Å². The summed E-state index contributed by atoms with van der Waals surface area (Å²) in [5, 5.41) is 10.2. The Morgan fingerprint density at radius 3 is 2.58 bits per heavy atom. The smallest absolute Gasteiger partial charge is 0.273 e. The molecule has 0 spiro atoms. The maximum Gasteiger partial charge on any atom is 0.273 e. The summed E-state index contributed by atoms with van der Waals surface area (Å²) in [6.45, 7) is 6.72. The fraction of sp³-hybridized carbons (Fsp3) is 0.474. The standard InChI is InChI=1S/C19H24BrFN4O/c1-12(2)17-16(20)18(24-23-17)19(26)22-15-7-9-25(10-8-15)11-13-3-5-14(21)6-4-13/h3-6,12,15H,7-11H2,1-2H3,(H,22,26)(H,23,24). The SMILES string of the molecule is CC(C)c1[nH]nc(C(=O)NC2CCN(Cc3ccc(F)cc3)CC2)c1Br. The van der Waals surface area contributed by atoms with Crippen molar-refractivity contribution in [1.82, 2.24) is 20.4 Å². The first kappa shape index (κ1) is 19.0. The van der Waals surface area contributed by atoms with Crippen LogP contribution in [0.1, 0.15) is 54.4 Å². The van der Waals surface area contributed by atoms with E-state index in [1.807, 2.05) is 12.1 Å². The maximum atomic E-state index is 13.0. The van der Waals surface area contributed by atoms with Crippen LogP contribution in [-0.4, -0.2) is 40.1 Å². The van der Waals surface area contributed by atoms with Gasteiger partial charge in [0.2, 0.25) is 0 Å². The predicted molar refractivity (Wildman–Crippen MR) is 103 cm³/mol. The van der Waals surface area contributed by atoms with Crippen LogP contribution in [0.5, 0.6) is 0 Å². The number of rotatable bonds is 5. The van der Waals surface area contributed by atoms with E-state index in [1.54, 1.807) is 0 Å². The van der Waals surface area contributed by atoms with Crippen LogP contribution in [0, 0.1) is 5.82 Å². The lowest BCUT2D eigenvalue weighted by atomic mass is 10.0. The number of nitrogens with one attached hydrogen (secondary N) is 2. The van der Waals surface area contributed by atoms with Crippen LogP contribution in [0.15, 0.2) is 28.7 Å². The van der Waals surface area contributed by atoms with Gasteiger partial charge in [0.05, 0.1) is 10.2 Å². The molecule has 2 heterocycles. The van der Waals surface area contributed by atoms with E-state index in [9.17, 15) is 9.18 Å². The van der Waals surface area contributed by atoms with Crippen molar-refractivity contribution >= 4 is 21.8 Å². The zero-order valence-corrected chi connectivity index (χ0v) is 16.6. The first-order valence-electron chi connectivity index (χ1n) is 8.95. The number of carbonyl (C=O) groups excluding carboxylic acids is 1. The van der Waals surface area contributed by atoms with E-state index in [0.717, 1.165) is 48.2 Å². The Balaban J connectivity index is 1.50. The van der Waals surface area contributed by atoms with E-state index in [4.69, 9.17) is 0 Å². The number of nitrogens with zero attached hydrogens (tertiary/aromatic N) is 2. The Morgan fingerprint density at radius 1 is 1.35 bits per heavy atom. The summed E-state index contributed by atoms with van der Waals surface area (Å²) in [6.07, 6.45) is 1.79. The van der Waals surface area contributed by atoms with Crippen LogP contribution in [0.25, 0.3) is 0 Å². The molecule has 1 saturated heterocycles. The molecule has 1 fully saturated rings. The van der Waals surface area contributed by atoms with E-state index >= 15 is 0 Å². The highest BCUT2D eigenvalue weighted by Gasteiger charge is 2.24. The molecule has 0 radical (unpaired) electrons. The molecule has 1 aliphatic heterocycles. The van der Waals surface area contributed by atoms with Gasteiger partial charge in [-0.15, -0.1) is 0 Å². The topological polar surface area (TPSA) is 61.0 Å². The fourth-order valence-electron chi connectivity index (χ4n) is 3.21. The van der Waals surface area contributed by atoms with Crippen molar-refractivity contribution in [1.29, 1.82) is 0 Å². The van der Waals surface area contributed by atoms with Crippen LogP contribution in [0.4, 0.5) is 4.39 Å². The number of aromatic amines is 1. The summed E-state index contributed by atoms with van der Waals surface area (Å²) in [4.78, 5) is 14.8. The van der Waals surface area contributed by atoms with Crippen molar-refractivity contribution in [3.05, 3.63) is 51.5 Å². The minimum absolute atomic E-state index is 0.142. The second kappa shape index (κ2) is 8.31. The molecule has 1 aromatic heterocycles. The maximum absolute atomic E-state index is 13.0. The molecule has 5 nitrogen and oxygen atoms in total. The zero-order valence-electron chi connectivity index (χ0n) is 15.1. The van der Waals surface area contributed by atoms with Crippen molar-refractivity contribution in [2.75, 3.05) is 13.1 Å². The quantitative estimate of drug-likeness (QED) is 0.769. The van der Waals surface area contributed by atoms with Gasteiger partial charge in [0, 0.05) is 25.7 Å². The lowest BCUT2D eigenvalue weighted by molar-refractivity contribution is 0.0903. The molecule has 7 heteroatoms. The lowest BCUT2D eigenvalue weighted by Crippen LogP contribution is -2.44. The summed E-state index contributed by atoms with van der Waals surface area (Å²) in [5.74, 6) is -0.0783. The molecule has 0 unspecified atom stereocenters. The van der Waals surface area contributed by atoms with Gasteiger partial charge < -0.3 is 5.32 Å². The molecule has 3 rings (SSSR count). The van der Waals surface area contributed by atoms with E-state index in [1.165, 1.54) is 12.1 Å². The largest absolute Gasteiger partial charge is 0.348 e. The number of hydrogen-bond donors (Lipinski definition) is 2. The number of carbonyl (C=O) groups is 1. The van der Waals surface area contributed by atoms with Gasteiger partial charge in [-0.05, 0) is 52.4 Å². The molecule has 0 bridgehead atoms. The summed E-state index contributed by atoms with van der Waals surface area (Å²) in [5.41, 5.74) is 2.46. The van der Waals surface area contributed by atoms with Gasteiger partial charge in [0.25, 0.3) is 5.91 Å². The molecule has 2 N–H and O–H groups in total. The normalized spacial score (nSPS) is 16.2. The van der Waals surface area contributed by atoms with Crippen molar-refractivity contribution in [3.8, 4) is 0 Å². The highest BCUT2D eigenvalue weighted by atomic mass is 79.9. The van der Waals surface area contributed by atoms with Crippen LogP contribution >= 0.6 is 15.9 Å². The molecule has 1 amide bonds. The van der Waals surface area contributed by atoms with Gasteiger partial charge in [-0.1, -0.05) is 26.0 Å². The summed E-state index contributed by atoms with van der Waals surface area (Å²) in [6, 6.07) is 6.79. The van der Waals surface area contributed by atoms with Gasteiger partial charge in [-0.25, -0.2) is 4.39 Å². The third kappa shape index (κ3) is 4.51. The highest BCUT2D eigenvalue weighted by molar-refractivity contribution is 9.10. The van der Waals surface area contributed by atoms with Crippen molar-refractivity contribution < 1.29 is 9.18 Å². The Morgan fingerprint density at radius 2 is 2.00 bits per heavy atom. The number of aromatic nitrogens is 2. The number of piperidine rings is 1. The molecule has 1 aromatic carbocycles. The van der Waals surface area contributed by atoms with Crippen molar-refractivity contribution in [2.24, 2.45) is 0 Å². The monoisotopic (exact) mass is 422 g/mol. The van der Waals surface area contributed by atoms with Gasteiger partial charge in [0.15, 0.2) is 5.69 Å². The van der Waals surface area contributed by atoms with Crippen LogP contribution in [0.3, 0.4) is 0 Å². The van der Waals surface area contributed by atoms with E-state index in [2.05, 4.69) is 50.2 Å². The first-order chi connectivity index (χ1) is 12.4. The minimum atomic E-state index is -0.208. The molecule has 0 atom stereocenters. The first-order valence-corrected chi connectivity index (χ1v) is 9.74. The Kier molecular flexibility index (Phi) is 6.09. The van der Waals surface area contributed by atoms with Crippen molar-refractivity contribution in [2.45, 2.75) is 45.2 Å². The Labute approximate surface area is 161 Å². The molecule has 0 aliphatic carbocycles. The number of amides is 1. The number of benzene rings is 1. The minimum Gasteiger partial charge on any atom is -0.348 e. The summed E-state index contributed by atoms with van der Waals surface area (Å²) in [7, 11) is 0. The van der Waals surface area contributed by atoms with Gasteiger partial charge in [0.1, 0.15) is 5.82 Å². The highest BCUT2D eigenvalue weighted by Crippen LogP contribution is 2.25. The predicted octanol–water partition coefficient (Wildman–Crippen LogP) is 3.83. The zero-order chi connectivity index (χ0) is 18.7. The van der Waals surface area contributed by atoms with E-state index in [-0.39, 0.29) is 23.7 Å². The Hall–Kier alpha value is -1.73. The second-order valence-electron chi connectivity index (χ2n) is 7.10. The third-order valence-corrected chi connectivity index (χ3v) is 5.57. The average molecular weight is 423 g/mol. The molecular weight excluding hydrogens is 399 g/mol. The van der Waals surface area contributed by atoms with Crippen LogP contribution in [-0.2, 0) is 6.54 Å². The molecular formula is C19H24BrFN4O. The molecule has 0 saturated carbocycles. The summed E-state index contributed by atoms with van der Waals surface area (Å²) >= 11 is 3.48. The molecule has 1 aliphatic rings. The van der Waals surface area contributed by atoms with Crippen LogP contribution in [0.2, 0.25) is 0 Å². The molecule has 26 heavy (non-hydrogen) atoms. The fourth-order valence-corrected chi connectivity index (χ4v) is 4.03. The number of halogens is 2. The third-order valence-electron chi connectivity index (χ3n) is 4.77. The summed E-state index contributed by atoms with van der Waals surface area (Å²) < 4.78 is 13.7. The van der Waals surface area contributed by atoms with E-state index in [0.29, 0.717) is 5.69 Å².